The van der Waals surface area contributed by atoms with Gasteiger partial charge >= 0.3 is 12.0 Å². The van der Waals surface area contributed by atoms with Crippen molar-refractivity contribution in [1.82, 2.24) is 19.7 Å². The van der Waals surface area contributed by atoms with Gasteiger partial charge in [0.1, 0.15) is 16.5 Å². The van der Waals surface area contributed by atoms with Gasteiger partial charge in [0, 0.05) is 10.8 Å². The Balaban J connectivity index is 2.18. The molecule has 2 rings (SSSR count). The van der Waals surface area contributed by atoms with Crippen LogP contribution in [0.5, 0.6) is 0 Å². The number of carboxylic acid groups (broad SMARTS) is 1. The smallest absolute Gasteiger partial charge is 0.337 e. The molecule has 122 valence electrons. The molecule has 0 spiro atoms. The first-order chi connectivity index (χ1) is 10.7. The number of sulfonamides is 1. The van der Waals surface area contributed by atoms with E-state index in [9.17, 15) is 18.0 Å². The fourth-order valence-corrected chi connectivity index (χ4v) is 3.90. The number of carbonyl (C=O) groups excluding carboxylic acids is 1. The van der Waals surface area contributed by atoms with E-state index < -0.39 is 32.5 Å². The van der Waals surface area contributed by atoms with Crippen LogP contribution < -0.4 is 10.0 Å². The summed E-state index contributed by atoms with van der Waals surface area (Å²) in [5, 5.41) is 13.4. The number of rotatable bonds is 4. The molecule has 0 bridgehead atoms. The summed E-state index contributed by atoms with van der Waals surface area (Å²) >= 11 is 0.892. The molecular weight excluding hydrogens is 346 g/mol. The second-order valence-electron chi connectivity index (χ2n) is 4.27. The molecule has 0 radical (unpaired) electrons. The Morgan fingerprint density at radius 2 is 1.74 bits per heavy atom. The summed E-state index contributed by atoms with van der Waals surface area (Å²) < 4.78 is 25.8. The zero-order chi connectivity index (χ0) is 17.2. The number of thiophene rings is 1. The number of hydrogen-bond acceptors (Lipinski definition) is 8. The summed E-state index contributed by atoms with van der Waals surface area (Å²) in [5.41, 5.74) is -0.415. The maximum atomic E-state index is 12.1. The van der Waals surface area contributed by atoms with Gasteiger partial charge in [0.05, 0.1) is 5.56 Å². The maximum Gasteiger partial charge on any atom is 0.337 e. The summed E-state index contributed by atoms with van der Waals surface area (Å²) in [5.74, 6) is -0.828. The van der Waals surface area contributed by atoms with Crippen molar-refractivity contribution in [3.8, 4) is 0 Å². The summed E-state index contributed by atoms with van der Waals surface area (Å²) in [7, 11) is -4.34. The Morgan fingerprint density at radius 3 is 2.30 bits per heavy atom. The first kappa shape index (κ1) is 16.8. The summed E-state index contributed by atoms with van der Waals surface area (Å²) in [6.45, 7) is 3.16. The van der Waals surface area contributed by atoms with Gasteiger partial charge in [-0.1, -0.05) is 0 Å². The number of hydrogen-bond donors (Lipinski definition) is 3. The Hall–Kier alpha value is -2.60. The predicted molar refractivity (Wildman–Crippen MR) is 79.9 cm³/mol. The Morgan fingerprint density at radius 1 is 1.13 bits per heavy atom. The number of urea groups is 1. The first-order valence-corrected chi connectivity index (χ1v) is 8.44. The normalized spacial score (nSPS) is 11.0. The number of nitrogens with zero attached hydrogens (tertiary/aromatic N) is 3. The molecule has 0 aromatic carbocycles. The van der Waals surface area contributed by atoms with Crippen LogP contribution in [-0.4, -0.2) is 40.5 Å². The lowest BCUT2D eigenvalue weighted by Gasteiger charge is -2.08. The van der Waals surface area contributed by atoms with Crippen molar-refractivity contribution in [2.45, 2.75) is 18.7 Å². The minimum atomic E-state index is -4.34. The number of amides is 2. The van der Waals surface area contributed by atoms with E-state index >= 15 is 0 Å². The van der Waals surface area contributed by atoms with Crippen LogP contribution in [0.2, 0.25) is 0 Å². The van der Waals surface area contributed by atoms with E-state index in [1.807, 2.05) is 0 Å². The van der Waals surface area contributed by atoms with Crippen molar-refractivity contribution in [2.24, 2.45) is 0 Å². The van der Waals surface area contributed by atoms with Crippen LogP contribution in [0.25, 0.3) is 0 Å². The van der Waals surface area contributed by atoms with Crippen molar-refractivity contribution < 1.29 is 23.1 Å². The number of aryl methyl sites for hydroxylation is 2. The first-order valence-electron chi connectivity index (χ1n) is 6.01. The molecule has 0 fully saturated rings. The van der Waals surface area contributed by atoms with Crippen LogP contribution in [0.4, 0.5) is 10.7 Å². The zero-order valence-corrected chi connectivity index (χ0v) is 13.5. The molecule has 10 nitrogen and oxygen atoms in total. The zero-order valence-electron chi connectivity index (χ0n) is 11.9. The van der Waals surface area contributed by atoms with Gasteiger partial charge in [-0.3, -0.25) is 5.32 Å². The molecule has 2 heterocycles. The number of aromatic nitrogens is 3. The molecule has 2 aromatic rings. The highest BCUT2D eigenvalue weighted by molar-refractivity contribution is 7.90. The van der Waals surface area contributed by atoms with Gasteiger partial charge in [-0.2, -0.15) is 21.3 Å². The minimum absolute atomic E-state index is 0.119. The van der Waals surface area contributed by atoms with Crippen molar-refractivity contribution >= 4 is 39.3 Å². The second kappa shape index (κ2) is 6.26. The third-order valence-corrected chi connectivity index (χ3v) is 4.72. The van der Waals surface area contributed by atoms with Crippen LogP contribution in [0, 0.1) is 13.8 Å². The fourth-order valence-electron chi connectivity index (χ4n) is 1.62. The highest BCUT2D eigenvalue weighted by Gasteiger charge is 2.25. The Kier molecular flexibility index (Phi) is 4.56. The van der Waals surface area contributed by atoms with Crippen LogP contribution in [0.1, 0.15) is 22.0 Å². The molecule has 3 N–H and O–H groups in total. The summed E-state index contributed by atoms with van der Waals surface area (Å²) in [6.07, 6.45) is 0. The van der Waals surface area contributed by atoms with Crippen LogP contribution >= 0.6 is 11.3 Å². The average Bonchev–Trinajstić information content (AvgIpc) is 2.86. The summed E-state index contributed by atoms with van der Waals surface area (Å²) in [4.78, 5) is 33.8. The average molecular weight is 357 g/mol. The molecule has 0 unspecified atom stereocenters. The molecule has 2 amide bonds. The molecule has 12 heteroatoms. The molecule has 0 aliphatic carbocycles. The lowest BCUT2D eigenvalue weighted by Crippen LogP contribution is -2.35. The van der Waals surface area contributed by atoms with E-state index in [0.717, 1.165) is 22.1 Å². The molecule has 23 heavy (non-hydrogen) atoms. The van der Waals surface area contributed by atoms with E-state index in [2.05, 4.69) is 20.3 Å². The van der Waals surface area contributed by atoms with Gasteiger partial charge in [0.25, 0.3) is 10.0 Å². The number of carbonyl (C=O) groups is 2. The molecule has 0 aliphatic heterocycles. The molecule has 0 aliphatic rings. The highest BCUT2D eigenvalue weighted by Crippen LogP contribution is 2.20. The predicted octanol–water partition coefficient (Wildman–Crippen LogP) is 0.759. The number of aromatic carboxylic acids is 1. The standard InChI is InChI=1S/C11H11N5O5S2/c1-5-12-6(2)14-10(13-5)15-11(19)16-23(20,21)8-4-22-3-7(8)9(17)18/h3-4H,1-2H3,(H,17,18)(H2,12,13,14,15,16,19). The lowest BCUT2D eigenvalue weighted by atomic mass is 10.3. The van der Waals surface area contributed by atoms with Crippen molar-refractivity contribution in [3.63, 3.8) is 0 Å². The largest absolute Gasteiger partial charge is 0.478 e. The van der Waals surface area contributed by atoms with Crippen LogP contribution in [0.15, 0.2) is 15.7 Å². The monoisotopic (exact) mass is 357 g/mol. The SMILES string of the molecule is Cc1nc(C)nc(NC(=O)NS(=O)(=O)c2cscc2C(=O)O)n1. The van der Waals surface area contributed by atoms with E-state index in [-0.39, 0.29) is 5.95 Å². The number of nitrogens with one attached hydrogen (secondary N) is 2. The number of anilines is 1. The van der Waals surface area contributed by atoms with Crippen molar-refractivity contribution in [2.75, 3.05) is 5.32 Å². The highest BCUT2D eigenvalue weighted by atomic mass is 32.2. The third-order valence-electron chi connectivity index (χ3n) is 2.46. The van der Waals surface area contributed by atoms with Gasteiger partial charge < -0.3 is 5.11 Å². The summed E-state index contributed by atoms with van der Waals surface area (Å²) in [6, 6.07) is -1.11. The van der Waals surface area contributed by atoms with Gasteiger partial charge in [-0.05, 0) is 13.8 Å². The maximum absolute atomic E-state index is 12.1. The van der Waals surface area contributed by atoms with E-state index in [4.69, 9.17) is 5.11 Å². The Bertz CT molecular complexity index is 856. The van der Waals surface area contributed by atoms with E-state index in [1.54, 1.807) is 18.6 Å². The Labute approximate surface area is 134 Å². The second-order valence-corrected chi connectivity index (χ2v) is 6.66. The van der Waals surface area contributed by atoms with Gasteiger partial charge in [0.2, 0.25) is 5.95 Å². The molecule has 0 saturated heterocycles. The van der Waals surface area contributed by atoms with Gasteiger partial charge in [-0.15, -0.1) is 0 Å². The van der Waals surface area contributed by atoms with Gasteiger partial charge in [0.15, 0.2) is 0 Å². The topological polar surface area (TPSA) is 151 Å². The van der Waals surface area contributed by atoms with Gasteiger partial charge in [-0.25, -0.2) is 27.7 Å². The lowest BCUT2D eigenvalue weighted by molar-refractivity contribution is 0.0693. The quantitative estimate of drug-likeness (QED) is 0.725. The van der Waals surface area contributed by atoms with E-state index in [1.165, 1.54) is 0 Å². The molecule has 2 aromatic heterocycles. The molecule has 0 saturated carbocycles. The molecule has 0 atom stereocenters. The van der Waals surface area contributed by atoms with Crippen LogP contribution in [0.3, 0.4) is 0 Å². The third kappa shape index (κ3) is 3.98. The van der Waals surface area contributed by atoms with E-state index in [0.29, 0.717) is 11.6 Å². The van der Waals surface area contributed by atoms with Crippen molar-refractivity contribution in [3.05, 3.63) is 28.0 Å². The fraction of sp³-hybridized carbons (Fsp3) is 0.182. The number of carboxylic acids is 1. The van der Waals surface area contributed by atoms with Crippen LogP contribution in [-0.2, 0) is 10.0 Å². The minimum Gasteiger partial charge on any atom is -0.478 e. The van der Waals surface area contributed by atoms with Crippen molar-refractivity contribution in [1.29, 1.82) is 0 Å². The molecular formula is C11H11N5O5S2.